The molecule has 1 aliphatic rings. The monoisotopic (exact) mass is 287 g/mol. The number of nitrogens with zero attached hydrogens (tertiary/aromatic N) is 2. The minimum absolute atomic E-state index is 0.0177. The van der Waals surface area contributed by atoms with E-state index in [0.29, 0.717) is 11.9 Å². The molecule has 0 aliphatic heterocycles. The summed E-state index contributed by atoms with van der Waals surface area (Å²) < 4.78 is 0. The normalized spacial score (nSPS) is 15.9. The maximum absolute atomic E-state index is 11.1. The zero-order valence-electron chi connectivity index (χ0n) is 11.8. The van der Waals surface area contributed by atoms with Gasteiger partial charge in [-0.05, 0) is 31.9 Å². The first-order valence-electron chi connectivity index (χ1n) is 6.93. The number of aliphatic hydroxyl groups is 1. The molecule has 0 radical (unpaired) electrons. The number of rotatable bonds is 5. The van der Waals surface area contributed by atoms with E-state index in [0.717, 1.165) is 29.6 Å². The summed E-state index contributed by atoms with van der Waals surface area (Å²) in [6, 6.07) is 5.08. The Bertz CT molecular complexity index is 711. The molecule has 21 heavy (non-hydrogen) atoms. The maximum Gasteiger partial charge on any atom is 0.278 e. The van der Waals surface area contributed by atoms with Crippen LogP contribution in [-0.2, 0) is 0 Å². The van der Waals surface area contributed by atoms with Gasteiger partial charge in [-0.2, -0.15) is 0 Å². The Labute approximate surface area is 122 Å². The van der Waals surface area contributed by atoms with Gasteiger partial charge in [-0.1, -0.05) is 0 Å². The van der Waals surface area contributed by atoms with Gasteiger partial charge >= 0.3 is 0 Å². The van der Waals surface area contributed by atoms with Crippen LogP contribution in [0.1, 0.15) is 18.5 Å². The van der Waals surface area contributed by atoms with E-state index < -0.39 is 0 Å². The number of hydrogen-bond acceptors (Lipinski definition) is 5. The predicted molar refractivity (Wildman–Crippen MR) is 80.4 cm³/mol. The second kappa shape index (κ2) is 4.96. The van der Waals surface area contributed by atoms with Crippen molar-refractivity contribution in [1.29, 1.82) is 0 Å². The number of nitro groups is 1. The number of pyridine rings is 1. The Kier molecular flexibility index (Phi) is 3.25. The number of fused-ring (bicyclic) bond motifs is 1. The third-order valence-corrected chi connectivity index (χ3v) is 4.16. The van der Waals surface area contributed by atoms with Crippen LogP contribution in [0.15, 0.2) is 24.4 Å². The molecule has 110 valence electrons. The van der Waals surface area contributed by atoms with E-state index in [1.54, 1.807) is 12.3 Å². The van der Waals surface area contributed by atoms with Gasteiger partial charge in [-0.25, -0.2) is 0 Å². The average Bonchev–Trinajstić information content (AvgIpc) is 3.25. The van der Waals surface area contributed by atoms with Crippen LogP contribution in [0.3, 0.4) is 0 Å². The third kappa shape index (κ3) is 2.54. The molecular formula is C15H17N3O3. The van der Waals surface area contributed by atoms with Crippen LogP contribution in [0.2, 0.25) is 0 Å². The lowest BCUT2D eigenvalue weighted by Crippen LogP contribution is -2.19. The SMILES string of the molecule is Cc1cc2c(NCC3(CO)CC3)ccc([N+](=O)[O-])c2cn1. The smallest absolute Gasteiger partial charge is 0.278 e. The molecule has 6 heteroatoms. The van der Waals surface area contributed by atoms with E-state index in [2.05, 4.69) is 10.3 Å². The van der Waals surface area contributed by atoms with Crippen molar-refractivity contribution in [3.8, 4) is 0 Å². The van der Waals surface area contributed by atoms with Crippen LogP contribution < -0.4 is 5.32 Å². The third-order valence-electron chi connectivity index (χ3n) is 4.16. The first kappa shape index (κ1) is 13.8. The quantitative estimate of drug-likeness (QED) is 0.652. The molecule has 2 aromatic rings. The molecule has 3 rings (SSSR count). The molecule has 0 saturated heterocycles. The summed E-state index contributed by atoms with van der Waals surface area (Å²) in [7, 11) is 0. The zero-order valence-corrected chi connectivity index (χ0v) is 11.8. The summed E-state index contributed by atoms with van der Waals surface area (Å²) in [6.45, 7) is 2.71. The summed E-state index contributed by atoms with van der Waals surface area (Å²) in [5.41, 5.74) is 1.71. The minimum Gasteiger partial charge on any atom is -0.396 e. The van der Waals surface area contributed by atoms with Crippen molar-refractivity contribution in [1.82, 2.24) is 4.98 Å². The van der Waals surface area contributed by atoms with Crippen molar-refractivity contribution in [3.05, 3.63) is 40.2 Å². The van der Waals surface area contributed by atoms with Gasteiger partial charge in [0.2, 0.25) is 0 Å². The van der Waals surface area contributed by atoms with Crippen LogP contribution in [0.5, 0.6) is 0 Å². The van der Waals surface area contributed by atoms with Gasteiger partial charge in [0.25, 0.3) is 5.69 Å². The molecule has 1 saturated carbocycles. The van der Waals surface area contributed by atoms with E-state index in [-0.39, 0.29) is 22.6 Å². The van der Waals surface area contributed by atoms with Crippen LogP contribution in [0.4, 0.5) is 11.4 Å². The van der Waals surface area contributed by atoms with Crippen LogP contribution >= 0.6 is 0 Å². The molecule has 1 aromatic heterocycles. The first-order chi connectivity index (χ1) is 10.0. The van der Waals surface area contributed by atoms with Crippen molar-refractivity contribution in [2.45, 2.75) is 19.8 Å². The van der Waals surface area contributed by atoms with Crippen molar-refractivity contribution in [3.63, 3.8) is 0 Å². The fourth-order valence-electron chi connectivity index (χ4n) is 2.49. The van der Waals surface area contributed by atoms with E-state index in [9.17, 15) is 15.2 Å². The highest BCUT2D eigenvalue weighted by molar-refractivity contribution is 5.99. The molecule has 1 aromatic carbocycles. The van der Waals surface area contributed by atoms with Crippen molar-refractivity contribution in [2.75, 3.05) is 18.5 Å². The molecule has 2 N–H and O–H groups in total. The Morgan fingerprint density at radius 1 is 1.43 bits per heavy atom. The fraction of sp³-hybridized carbons (Fsp3) is 0.400. The Balaban J connectivity index is 2.00. The van der Waals surface area contributed by atoms with Crippen LogP contribution in [0.25, 0.3) is 10.8 Å². The number of nitro benzene ring substituents is 1. The largest absolute Gasteiger partial charge is 0.396 e. The van der Waals surface area contributed by atoms with Crippen LogP contribution in [-0.4, -0.2) is 28.2 Å². The molecule has 1 aliphatic carbocycles. The van der Waals surface area contributed by atoms with Gasteiger partial charge in [0.15, 0.2) is 0 Å². The predicted octanol–water partition coefficient (Wildman–Crippen LogP) is 2.64. The topological polar surface area (TPSA) is 88.3 Å². The fourth-order valence-corrected chi connectivity index (χ4v) is 2.49. The summed E-state index contributed by atoms with van der Waals surface area (Å²) in [6.07, 6.45) is 3.58. The Hall–Kier alpha value is -2.21. The minimum atomic E-state index is -0.390. The van der Waals surface area contributed by atoms with Crippen molar-refractivity contribution >= 4 is 22.1 Å². The van der Waals surface area contributed by atoms with Gasteiger partial charge in [0, 0.05) is 41.0 Å². The number of aryl methyl sites for hydroxylation is 1. The highest BCUT2D eigenvalue weighted by Gasteiger charge is 2.41. The summed E-state index contributed by atoms with van der Waals surface area (Å²) in [5, 5.41) is 25.1. The van der Waals surface area contributed by atoms with E-state index in [4.69, 9.17) is 0 Å². The Morgan fingerprint density at radius 2 is 2.19 bits per heavy atom. The molecule has 6 nitrogen and oxygen atoms in total. The number of nitrogens with one attached hydrogen (secondary N) is 1. The van der Waals surface area contributed by atoms with Crippen LogP contribution in [0, 0.1) is 22.5 Å². The molecule has 0 amide bonds. The van der Waals surface area contributed by atoms with Gasteiger partial charge < -0.3 is 10.4 Å². The second-order valence-electron chi connectivity index (χ2n) is 5.77. The molecule has 1 heterocycles. The van der Waals surface area contributed by atoms with Gasteiger partial charge in [0.05, 0.1) is 16.9 Å². The van der Waals surface area contributed by atoms with E-state index >= 15 is 0 Å². The second-order valence-corrected chi connectivity index (χ2v) is 5.77. The number of hydrogen-bond donors (Lipinski definition) is 2. The van der Waals surface area contributed by atoms with Crippen molar-refractivity contribution < 1.29 is 10.0 Å². The molecule has 0 atom stereocenters. The number of benzene rings is 1. The number of anilines is 1. The summed E-state index contributed by atoms with van der Waals surface area (Å²) in [4.78, 5) is 14.9. The molecular weight excluding hydrogens is 270 g/mol. The molecule has 1 fully saturated rings. The number of aliphatic hydroxyl groups excluding tert-OH is 1. The zero-order chi connectivity index (χ0) is 15.0. The highest BCUT2D eigenvalue weighted by Crippen LogP contribution is 2.45. The standard InChI is InChI=1S/C15H17N3O3/c1-10-6-11-12(7-16-10)14(18(20)21)3-2-13(11)17-8-15(9-19)4-5-15/h2-3,6-7,17,19H,4-5,8-9H2,1H3. The lowest BCUT2D eigenvalue weighted by Gasteiger charge is -2.15. The summed E-state index contributed by atoms with van der Waals surface area (Å²) in [5.74, 6) is 0. The van der Waals surface area contributed by atoms with Gasteiger partial charge in [0.1, 0.15) is 0 Å². The molecule has 0 bridgehead atoms. The van der Waals surface area contributed by atoms with E-state index in [1.807, 2.05) is 13.0 Å². The Morgan fingerprint density at radius 3 is 2.81 bits per heavy atom. The van der Waals surface area contributed by atoms with Gasteiger partial charge in [-0.3, -0.25) is 15.1 Å². The van der Waals surface area contributed by atoms with Crippen molar-refractivity contribution in [2.24, 2.45) is 5.41 Å². The first-order valence-corrected chi connectivity index (χ1v) is 6.93. The number of aromatic nitrogens is 1. The lowest BCUT2D eigenvalue weighted by molar-refractivity contribution is -0.383. The van der Waals surface area contributed by atoms with Gasteiger partial charge in [-0.15, -0.1) is 0 Å². The molecule has 0 unspecified atom stereocenters. The summed E-state index contributed by atoms with van der Waals surface area (Å²) >= 11 is 0. The highest BCUT2D eigenvalue weighted by atomic mass is 16.6. The number of non-ortho nitro benzene ring substituents is 1. The van der Waals surface area contributed by atoms with E-state index in [1.165, 1.54) is 6.07 Å². The lowest BCUT2D eigenvalue weighted by atomic mass is 10.1. The maximum atomic E-state index is 11.1. The average molecular weight is 287 g/mol. The molecule has 0 spiro atoms.